The van der Waals surface area contributed by atoms with Crippen LogP contribution in [0, 0.1) is 134 Å². The molecule has 4 aliphatic heterocycles. The number of oxazole rings is 1. The van der Waals surface area contributed by atoms with Crippen LogP contribution in [0.3, 0.4) is 0 Å². The minimum atomic E-state index is -0.568. The number of carbonyl (C=O) groups excluding carboxylic acids is 12. The molecule has 0 spiro atoms. The first-order chi connectivity index (χ1) is 63.4. The number of H-pyrrole nitrogens is 1. The van der Waals surface area contributed by atoms with Gasteiger partial charge in [-0.25, -0.2) is 34.1 Å². The Morgan fingerprint density at radius 3 is 0.963 bits per heavy atom. The lowest BCUT2D eigenvalue weighted by molar-refractivity contribution is -0.211. The summed E-state index contributed by atoms with van der Waals surface area (Å²) in [5, 5.41) is 5.80. The molecular weight excluding hydrogens is 1750 g/mol. The van der Waals surface area contributed by atoms with Crippen molar-refractivity contribution in [2.24, 2.45) is 134 Å². The summed E-state index contributed by atoms with van der Waals surface area (Å²) < 4.78 is 58.1. The number of aromatic nitrogens is 5. The fourth-order valence-corrected chi connectivity index (χ4v) is 34.8. The predicted molar refractivity (Wildman–Crippen MR) is 496 cm³/mol. The third-order valence-corrected chi connectivity index (χ3v) is 41.4. The van der Waals surface area contributed by atoms with Crippen molar-refractivity contribution in [2.45, 2.75) is 343 Å². The van der Waals surface area contributed by atoms with E-state index in [-0.39, 0.29) is 116 Å². The van der Waals surface area contributed by atoms with Crippen LogP contribution in [-0.2, 0) is 95.4 Å². The van der Waals surface area contributed by atoms with Crippen LogP contribution in [0.4, 0.5) is 0 Å². The number of nitrogens with one attached hydrogen (secondary N) is 1. The van der Waals surface area contributed by atoms with E-state index >= 15 is 0 Å². The van der Waals surface area contributed by atoms with Crippen molar-refractivity contribution in [3.63, 3.8) is 0 Å². The number of ether oxygens (including phenoxy) is 8. The van der Waals surface area contributed by atoms with Crippen LogP contribution < -0.4 is 0 Å². The first kappa shape index (κ1) is 98.3. The summed E-state index contributed by atoms with van der Waals surface area (Å²) in [6.07, 6.45) is 27.1. The molecule has 0 amide bonds. The van der Waals surface area contributed by atoms with Gasteiger partial charge in [-0.1, -0.05) is 144 Å². The standard InChI is InChI=1S/C27H36N2O5.2C27H35NO6.C27H35NO5S/c1-15(30)33-21-11-18-24(2,3)20(31)8-10-25(18,4)17-7-9-26(5)19(27(17,21)6)12-22(32)34-23(26)16-13-28-14-29-16;1-15(29)33-21-11-18-24(2,3)20(30)8-10-25(18,4)17-7-9-26(5)19(27(17,21)6)12-22(31)34-23(26)16-13-32-14-28-16;1-15(29)33-21-11-18-24(2,3)20(30)8-10-25(18,4)17-7-9-26(5)19(27(17,21)6)12-22(31)34-23(26)16-13-28-32-14-16;1-15(29)32-21-11-18-24(2,3)20(30)8-10-25(18,4)17-7-9-26(5)19(27(17,21)6)12-22(31)33-23(26)16-13-34-14-28-16/h12-14,17-18,21,23H,7-11H2,1-6H3,(H,28,29);3*12-14,17-18,21,23H,7-11H2,1-6H3/t4*17?,18?,21-,23+,25-,26-,27-/m1111/s1. The summed E-state index contributed by atoms with van der Waals surface area (Å²) in [6, 6.07) is 0. The molecule has 12 fully saturated rings. The Labute approximate surface area is 802 Å². The maximum absolute atomic E-state index is 13.0. The predicted octanol–water partition coefficient (Wildman–Crippen LogP) is 20.1. The van der Waals surface area contributed by atoms with Gasteiger partial charge in [-0.05, 0) is 194 Å². The van der Waals surface area contributed by atoms with E-state index in [9.17, 15) is 57.5 Å². The first-order valence-electron chi connectivity index (χ1n) is 49.6. The highest BCUT2D eigenvalue weighted by Crippen LogP contribution is 2.79. The van der Waals surface area contributed by atoms with Gasteiger partial charge in [0.15, 0.2) is 24.7 Å². The summed E-state index contributed by atoms with van der Waals surface area (Å²) in [5.74, 6) is -0.649. The highest BCUT2D eigenvalue weighted by atomic mass is 32.1. The largest absolute Gasteiger partial charge is 0.462 e. The number of fused-ring (bicyclic) bond motifs is 20. The van der Waals surface area contributed by atoms with Crippen molar-refractivity contribution in [3.05, 3.63) is 118 Å². The van der Waals surface area contributed by atoms with Gasteiger partial charge in [-0.2, -0.15) is 0 Å². The Bertz CT molecular complexity index is 4980. The van der Waals surface area contributed by atoms with Crippen molar-refractivity contribution in [1.29, 1.82) is 0 Å². The molecular formula is C108H141N5O22S. The maximum Gasteiger partial charge on any atom is 0.331 e. The fourth-order valence-electron chi connectivity index (χ4n) is 34.2. The van der Waals surface area contributed by atoms with Crippen molar-refractivity contribution in [2.75, 3.05) is 0 Å². The second-order valence-electron chi connectivity index (χ2n) is 48.6. The molecule has 12 aliphatic carbocycles. The molecule has 8 unspecified atom stereocenters. The number of rotatable bonds is 8. The van der Waals surface area contributed by atoms with Crippen molar-refractivity contribution in [1.82, 2.24) is 25.1 Å². The van der Waals surface area contributed by atoms with Gasteiger partial charge in [-0.3, -0.25) is 38.4 Å². The smallest absolute Gasteiger partial charge is 0.331 e. The van der Waals surface area contributed by atoms with Crippen LogP contribution in [0.5, 0.6) is 0 Å². The number of carbonyl (C=O) groups is 12. The summed E-state index contributed by atoms with van der Waals surface area (Å²) in [5.41, 5.74) is 2.21. The van der Waals surface area contributed by atoms with Gasteiger partial charge in [0.05, 0.1) is 41.2 Å². The van der Waals surface area contributed by atoms with E-state index in [0.717, 1.165) is 116 Å². The van der Waals surface area contributed by atoms with Crippen LogP contribution in [0.15, 0.2) is 104 Å². The van der Waals surface area contributed by atoms with Crippen molar-refractivity contribution in [3.8, 4) is 0 Å². The summed E-state index contributed by atoms with van der Waals surface area (Å²) >= 11 is 1.49. The minimum Gasteiger partial charge on any atom is -0.462 e. The molecule has 12 saturated carbocycles. The lowest BCUT2D eigenvalue weighted by Crippen LogP contribution is -2.66. The number of hydrogen-bond acceptors (Lipinski definition) is 27. The summed E-state index contributed by atoms with van der Waals surface area (Å²) in [7, 11) is 0. The number of hydrogen-bond donors (Lipinski definition) is 1. The number of cyclic esters (lactones) is 4. The van der Waals surface area contributed by atoms with Crippen LogP contribution in [0.2, 0.25) is 0 Å². The van der Waals surface area contributed by atoms with Crippen LogP contribution in [0.1, 0.15) is 342 Å². The monoisotopic (exact) mass is 1890 g/mol. The number of imidazole rings is 1. The zero-order chi connectivity index (χ0) is 98.7. The van der Waals surface area contributed by atoms with Gasteiger partial charge in [0.2, 0.25) is 0 Å². The number of esters is 8. The molecule has 736 valence electrons. The maximum atomic E-state index is 13.0. The minimum absolute atomic E-state index is 0.0931. The third-order valence-electron chi connectivity index (χ3n) is 40.8. The number of ketones is 4. The normalized spacial score (nSPS) is 43.1. The number of thiazole rings is 1. The van der Waals surface area contributed by atoms with Gasteiger partial charge in [-0.15, -0.1) is 11.3 Å². The third kappa shape index (κ3) is 14.5. The molecule has 27 nitrogen and oxygen atoms in total. The molecule has 0 radical (unpaired) electrons. The first-order valence-corrected chi connectivity index (χ1v) is 50.5. The van der Waals surface area contributed by atoms with E-state index in [1.807, 2.05) is 5.38 Å². The lowest BCUT2D eigenvalue weighted by Gasteiger charge is -2.68. The molecule has 4 aromatic heterocycles. The summed E-state index contributed by atoms with van der Waals surface area (Å²) in [6.45, 7) is 48.8. The molecule has 28 atom stereocenters. The van der Waals surface area contributed by atoms with E-state index in [1.165, 1.54) is 58.0 Å². The van der Waals surface area contributed by atoms with E-state index < -0.39 is 126 Å². The fraction of sp³-hybridized carbons (Fsp3) is 0.704. The Morgan fingerprint density at radius 2 is 0.684 bits per heavy atom. The van der Waals surface area contributed by atoms with E-state index in [2.05, 4.69) is 164 Å². The van der Waals surface area contributed by atoms with E-state index in [0.29, 0.717) is 68.6 Å². The Hall–Kier alpha value is -9.34. The van der Waals surface area contributed by atoms with Crippen molar-refractivity contribution >= 4 is 82.2 Å². The highest BCUT2D eigenvalue weighted by molar-refractivity contribution is 7.07. The topological polar surface area (TPSA) is 372 Å². The average molecular weight is 1890 g/mol. The average Bonchev–Trinajstić information content (AvgIpc) is 0.816. The zero-order valence-corrected chi connectivity index (χ0v) is 84.8. The van der Waals surface area contributed by atoms with Crippen LogP contribution >= 0.6 is 11.3 Å². The second-order valence-corrected chi connectivity index (χ2v) is 49.3. The molecule has 1 N–H and O–H groups in total. The molecule has 0 aromatic carbocycles. The molecule has 4 aromatic rings. The van der Waals surface area contributed by atoms with Gasteiger partial charge in [0.1, 0.15) is 71.9 Å². The Kier molecular flexibility index (Phi) is 24.0. The number of aromatic amines is 1. The summed E-state index contributed by atoms with van der Waals surface area (Å²) in [4.78, 5) is 169. The highest BCUT2D eigenvalue weighted by Gasteiger charge is 2.76. The van der Waals surface area contributed by atoms with Gasteiger partial charge < -0.3 is 51.8 Å². The van der Waals surface area contributed by atoms with Crippen molar-refractivity contribution < 1.29 is 104 Å². The second kappa shape index (κ2) is 33.2. The lowest BCUT2D eigenvalue weighted by atomic mass is 9.37. The van der Waals surface area contributed by atoms with Crippen LogP contribution in [0.25, 0.3) is 0 Å². The van der Waals surface area contributed by atoms with Gasteiger partial charge in [0.25, 0.3) is 0 Å². The SMILES string of the molecule is CC(=O)O[C@@H]1CC2C(C)(C)C(=O)CC[C@]2(C)C2CC[C@]3(C)C(=CC(=O)O[C@H]3c3cnc[nH]3)[C@@]21C.CC(=O)O[C@@H]1CC2C(C)(C)C(=O)CC[C@]2(C)C2CC[C@]3(C)C(=CC(=O)O[C@H]3c3cnoc3)[C@@]21C.CC(=O)O[C@@H]1CC2C(C)(C)C(=O)CC[C@]2(C)C2CC[C@]3(C)C(=CC(=O)O[C@H]3c3cocn3)[C@@]21C.CC(=O)O[C@@H]1CC2C(C)(C)C(=O)CC[C@]2(C)C2CC[C@]3(C)C(=CC(=O)O[C@H]3c3cscn3)[C@@]21C. The van der Waals surface area contributed by atoms with Gasteiger partial charge >= 0.3 is 47.8 Å². The molecule has 28 heteroatoms. The number of Topliss-reactive ketones (excluding diaryl/α,β-unsaturated/α-hetero) is 4. The number of nitrogens with zero attached hydrogens (tertiary/aromatic N) is 4. The van der Waals surface area contributed by atoms with E-state index in [1.54, 1.807) is 48.5 Å². The van der Waals surface area contributed by atoms with Gasteiger partial charge in [0, 0.05) is 148 Å². The van der Waals surface area contributed by atoms with Crippen LogP contribution in [-0.4, -0.2) is 120 Å². The molecule has 0 bridgehead atoms. The Balaban J connectivity index is 0.000000126. The molecule has 8 heterocycles. The molecule has 20 rings (SSSR count). The zero-order valence-electron chi connectivity index (χ0n) is 84.0. The molecule has 136 heavy (non-hydrogen) atoms. The Morgan fingerprint density at radius 1 is 0.375 bits per heavy atom. The quantitative estimate of drug-likeness (QED) is 0.126. The molecule has 16 aliphatic rings. The molecule has 0 saturated heterocycles. The van der Waals surface area contributed by atoms with E-state index in [4.69, 9.17) is 46.8 Å².